The molecule has 1 aliphatic heterocycles. The van der Waals surface area contributed by atoms with Gasteiger partial charge < -0.3 is 14.8 Å². The molecule has 0 bridgehead atoms. The minimum atomic E-state index is -3.52. The number of methoxy groups -OCH3 is 1. The highest BCUT2D eigenvalue weighted by Crippen LogP contribution is 2.24. The van der Waals surface area contributed by atoms with Gasteiger partial charge in [-0.25, -0.2) is 13.1 Å². The number of rotatable bonds is 8. The van der Waals surface area contributed by atoms with Crippen LogP contribution in [0.2, 0.25) is 0 Å². The summed E-state index contributed by atoms with van der Waals surface area (Å²) in [6.45, 7) is 4.88. The lowest BCUT2D eigenvalue weighted by atomic mass is 10.3. The number of halogens is 2. The lowest BCUT2D eigenvalue weighted by Gasteiger charge is -2.27. The zero-order valence-corrected chi connectivity index (χ0v) is 18.6. The predicted octanol–water partition coefficient (Wildman–Crippen LogP) is 2.51. The van der Waals surface area contributed by atoms with Crippen LogP contribution in [0.3, 0.4) is 0 Å². The molecule has 3 rings (SSSR count). The summed E-state index contributed by atoms with van der Waals surface area (Å²) in [6, 6.07) is 13.6. The van der Waals surface area contributed by atoms with Crippen molar-refractivity contribution >= 4 is 34.8 Å². The van der Waals surface area contributed by atoms with Crippen LogP contribution in [0, 0.1) is 0 Å². The van der Waals surface area contributed by atoms with Gasteiger partial charge in [0.15, 0.2) is 0 Å². The van der Waals surface area contributed by atoms with Crippen LogP contribution in [0.5, 0.6) is 17.2 Å². The number of hydrogen-bond acceptors (Lipinski definition) is 6. The van der Waals surface area contributed by atoms with Gasteiger partial charge in [0.25, 0.3) is 0 Å². The molecule has 0 aliphatic carbocycles. The molecule has 2 aromatic rings. The van der Waals surface area contributed by atoms with Gasteiger partial charge in [0.1, 0.15) is 17.2 Å². The maximum Gasteiger partial charge on any atom is 0.240 e. The molecule has 162 valence electrons. The largest absolute Gasteiger partial charge is 0.497 e. The maximum atomic E-state index is 12.4. The van der Waals surface area contributed by atoms with E-state index in [1.54, 1.807) is 55.6 Å². The molecule has 0 radical (unpaired) electrons. The third-order valence-electron chi connectivity index (χ3n) is 4.36. The van der Waals surface area contributed by atoms with Crippen molar-refractivity contribution in [1.82, 2.24) is 14.9 Å². The molecule has 1 heterocycles. The van der Waals surface area contributed by atoms with E-state index in [2.05, 4.69) is 14.9 Å². The number of nitrogens with one attached hydrogen (secondary N) is 2. The van der Waals surface area contributed by atoms with E-state index in [4.69, 9.17) is 9.47 Å². The fourth-order valence-electron chi connectivity index (χ4n) is 2.82. The average molecular weight is 464 g/mol. The molecule has 29 heavy (non-hydrogen) atoms. The lowest BCUT2D eigenvalue weighted by Crippen LogP contribution is -2.46. The van der Waals surface area contributed by atoms with Gasteiger partial charge in [-0.15, -0.1) is 24.8 Å². The Bertz CT molecular complexity index is 828. The molecular weight excluding hydrogens is 437 g/mol. The monoisotopic (exact) mass is 463 g/mol. The standard InChI is InChI=1S/C19H25N3O4S.2ClH/c1-25-16-2-4-17(5-3-16)26-18-6-8-19(9-7-18)27(23,24)21-12-15-22-13-10-20-11-14-22;;/h2-9,20-21H,10-15H2,1H3;2*1H. The molecule has 7 nitrogen and oxygen atoms in total. The van der Waals surface area contributed by atoms with Crippen molar-refractivity contribution in [3.8, 4) is 17.2 Å². The van der Waals surface area contributed by atoms with Gasteiger partial charge in [0.05, 0.1) is 12.0 Å². The maximum absolute atomic E-state index is 12.4. The third-order valence-corrected chi connectivity index (χ3v) is 5.84. The van der Waals surface area contributed by atoms with Crippen molar-refractivity contribution in [2.24, 2.45) is 0 Å². The smallest absolute Gasteiger partial charge is 0.240 e. The molecule has 0 spiro atoms. The molecule has 0 unspecified atom stereocenters. The van der Waals surface area contributed by atoms with Crippen LogP contribution in [0.25, 0.3) is 0 Å². The van der Waals surface area contributed by atoms with E-state index >= 15 is 0 Å². The summed E-state index contributed by atoms with van der Waals surface area (Å²) in [5.74, 6) is 1.97. The molecule has 10 heteroatoms. The van der Waals surface area contributed by atoms with E-state index in [1.165, 1.54) is 0 Å². The minimum absolute atomic E-state index is 0. The minimum Gasteiger partial charge on any atom is -0.497 e. The predicted molar refractivity (Wildman–Crippen MR) is 119 cm³/mol. The summed E-state index contributed by atoms with van der Waals surface area (Å²) in [4.78, 5) is 2.47. The Balaban J connectivity index is 0.00000210. The SMILES string of the molecule is COc1ccc(Oc2ccc(S(=O)(=O)NCCN3CCNCC3)cc2)cc1.Cl.Cl. The van der Waals surface area contributed by atoms with Crippen LogP contribution in [-0.2, 0) is 10.0 Å². The van der Waals surface area contributed by atoms with Gasteiger partial charge in [0.2, 0.25) is 10.0 Å². The van der Waals surface area contributed by atoms with Gasteiger partial charge >= 0.3 is 0 Å². The molecule has 1 aliphatic rings. The second-order valence-electron chi connectivity index (χ2n) is 6.24. The highest BCUT2D eigenvalue weighted by molar-refractivity contribution is 7.89. The van der Waals surface area contributed by atoms with Gasteiger partial charge in [-0.2, -0.15) is 0 Å². The molecule has 2 N–H and O–H groups in total. The van der Waals surface area contributed by atoms with Crippen molar-refractivity contribution in [2.45, 2.75) is 4.90 Å². The van der Waals surface area contributed by atoms with Crippen LogP contribution >= 0.6 is 24.8 Å². The average Bonchev–Trinajstić information content (AvgIpc) is 2.70. The zero-order chi connectivity index (χ0) is 19.1. The van der Waals surface area contributed by atoms with E-state index in [1.807, 2.05) is 0 Å². The first-order chi connectivity index (χ1) is 13.1. The van der Waals surface area contributed by atoms with Crippen molar-refractivity contribution < 1.29 is 17.9 Å². The highest BCUT2D eigenvalue weighted by Gasteiger charge is 2.15. The Morgan fingerprint density at radius 2 is 1.45 bits per heavy atom. The number of benzene rings is 2. The van der Waals surface area contributed by atoms with Gasteiger partial charge in [-0.3, -0.25) is 4.90 Å². The summed E-state index contributed by atoms with van der Waals surface area (Å²) in [5, 5.41) is 3.28. The summed E-state index contributed by atoms with van der Waals surface area (Å²) in [6.07, 6.45) is 0. The van der Waals surface area contributed by atoms with Gasteiger partial charge in [0, 0.05) is 39.3 Å². The zero-order valence-electron chi connectivity index (χ0n) is 16.2. The first-order valence-electron chi connectivity index (χ1n) is 8.91. The number of sulfonamides is 1. The van der Waals surface area contributed by atoms with Crippen molar-refractivity contribution in [1.29, 1.82) is 0 Å². The Morgan fingerprint density at radius 1 is 0.931 bits per heavy atom. The van der Waals surface area contributed by atoms with Crippen LogP contribution in [0.4, 0.5) is 0 Å². The fourth-order valence-corrected chi connectivity index (χ4v) is 3.84. The number of ether oxygens (including phenoxy) is 2. The Hall–Kier alpha value is -1.55. The molecule has 1 fully saturated rings. The molecule has 0 amide bonds. The normalized spacial score (nSPS) is 14.4. The summed E-state index contributed by atoms with van der Waals surface area (Å²) in [7, 11) is -1.92. The summed E-state index contributed by atoms with van der Waals surface area (Å²) in [5.41, 5.74) is 0. The Kier molecular flexibility index (Phi) is 10.7. The first-order valence-corrected chi connectivity index (χ1v) is 10.4. The van der Waals surface area contributed by atoms with Gasteiger partial charge in [-0.1, -0.05) is 0 Å². The Morgan fingerprint density at radius 3 is 2.00 bits per heavy atom. The topological polar surface area (TPSA) is 79.9 Å². The third kappa shape index (κ3) is 7.65. The molecular formula is C19H27Cl2N3O4S. The molecule has 0 atom stereocenters. The first kappa shape index (κ1) is 25.5. The van der Waals surface area contributed by atoms with Crippen LogP contribution in [0.1, 0.15) is 0 Å². The fraction of sp³-hybridized carbons (Fsp3) is 0.368. The van der Waals surface area contributed by atoms with Crippen LogP contribution in [0.15, 0.2) is 53.4 Å². The summed E-state index contributed by atoms with van der Waals surface area (Å²) < 4.78 is 38.3. The number of hydrogen-bond donors (Lipinski definition) is 2. The highest BCUT2D eigenvalue weighted by atomic mass is 35.5. The molecule has 1 saturated heterocycles. The van der Waals surface area contributed by atoms with Crippen molar-refractivity contribution in [3.05, 3.63) is 48.5 Å². The molecule has 2 aromatic carbocycles. The summed E-state index contributed by atoms with van der Waals surface area (Å²) >= 11 is 0. The Labute approximate surface area is 184 Å². The second kappa shape index (κ2) is 12.2. The van der Waals surface area contributed by atoms with E-state index < -0.39 is 10.0 Å². The van der Waals surface area contributed by atoms with E-state index in [-0.39, 0.29) is 29.7 Å². The van der Waals surface area contributed by atoms with Crippen LogP contribution < -0.4 is 19.5 Å². The quantitative estimate of drug-likeness (QED) is 0.625. The molecule has 0 saturated carbocycles. The molecule has 0 aromatic heterocycles. The van der Waals surface area contributed by atoms with E-state index in [0.717, 1.165) is 31.9 Å². The number of piperazine rings is 1. The lowest BCUT2D eigenvalue weighted by molar-refractivity contribution is 0.245. The van der Waals surface area contributed by atoms with Crippen molar-refractivity contribution in [3.63, 3.8) is 0 Å². The van der Waals surface area contributed by atoms with Gasteiger partial charge in [-0.05, 0) is 48.5 Å². The second-order valence-corrected chi connectivity index (χ2v) is 8.01. The number of nitrogens with zero attached hydrogens (tertiary/aromatic N) is 1. The van der Waals surface area contributed by atoms with E-state index in [9.17, 15) is 8.42 Å². The van der Waals surface area contributed by atoms with E-state index in [0.29, 0.717) is 24.6 Å². The van der Waals surface area contributed by atoms with Crippen LogP contribution in [-0.4, -0.2) is 59.7 Å². The van der Waals surface area contributed by atoms with Crippen molar-refractivity contribution in [2.75, 3.05) is 46.4 Å².